The molecule has 9 nitrogen and oxygen atoms in total. The molecule has 34 heavy (non-hydrogen) atoms. The highest BCUT2D eigenvalue weighted by Gasteiger charge is 2.50. The summed E-state index contributed by atoms with van der Waals surface area (Å²) in [6, 6.07) is 12.8. The average molecular weight is 476 g/mol. The zero-order chi connectivity index (χ0) is 23.9. The number of carbonyl (C=O) groups is 2. The van der Waals surface area contributed by atoms with E-state index in [1.165, 1.54) is 12.1 Å². The Morgan fingerprint density at radius 3 is 2.53 bits per heavy atom. The Balaban J connectivity index is 1.30. The number of benzene rings is 2. The van der Waals surface area contributed by atoms with E-state index in [4.69, 9.17) is 0 Å². The SMILES string of the molecule is C[C@@]1(C(=O)Nc2ccccc2C(=O)Nc2nnc(-c3ccc([N+](=O)[O-])cc3)s2)C[C@H]2C=C[C@H]1C2. The molecule has 3 atom stereocenters. The molecule has 0 saturated heterocycles. The van der Waals surface area contributed by atoms with Crippen molar-refractivity contribution in [3.8, 4) is 10.6 Å². The van der Waals surface area contributed by atoms with Gasteiger partial charge in [0.2, 0.25) is 11.0 Å². The summed E-state index contributed by atoms with van der Waals surface area (Å²) < 4.78 is 0. The van der Waals surface area contributed by atoms with Gasteiger partial charge < -0.3 is 5.32 Å². The lowest BCUT2D eigenvalue weighted by atomic mass is 9.76. The molecule has 2 aromatic carbocycles. The molecule has 0 aliphatic heterocycles. The summed E-state index contributed by atoms with van der Waals surface area (Å²) in [5.41, 5.74) is 0.922. The number of carbonyl (C=O) groups excluding carboxylic acids is 2. The molecule has 1 heterocycles. The highest BCUT2D eigenvalue weighted by atomic mass is 32.1. The van der Waals surface area contributed by atoms with E-state index in [1.807, 2.05) is 6.92 Å². The molecule has 2 aliphatic carbocycles. The number of aromatic nitrogens is 2. The smallest absolute Gasteiger partial charge is 0.269 e. The molecule has 0 radical (unpaired) electrons. The maximum Gasteiger partial charge on any atom is 0.269 e. The second-order valence-electron chi connectivity index (χ2n) is 8.78. The minimum Gasteiger partial charge on any atom is -0.325 e. The number of para-hydroxylation sites is 1. The largest absolute Gasteiger partial charge is 0.325 e. The van der Waals surface area contributed by atoms with Gasteiger partial charge in [-0.05, 0) is 48.9 Å². The fourth-order valence-corrected chi connectivity index (χ4v) is 5.44. The van der Waals surface area contributed by atoms with Gasteiger partial charge in [-0.15, -0.1) is 10.2 Å². The number of nitro groups is 1. The van der Waals surface area contributed by atoms with Crippen molar-refractivity contribution in [1.82, 2.24) is 10.2 Å². The van der Waals surface area contributed by atoms with Crippen LogP contribution in [0.15, 0.2) is 60.7 Å². The molecule has 2 aliphatic rings. The molecule has 10 heteroatoms. The highest BCUT2D eigenvalue weighted by Crippen LogP contribution is 2.52. The molecular formula is C24H21N5O4S. The van der Waals surface area contributed by atoms with Crippen LogP contribution in [-0.2, 0) is 4.79 Å². The number of nitrogens with zero attached hydrogens (tertiary/aromatic N) is 3. The third kappa shape index (κ3) is 3.96. The number of fused-ring (bicyclic) bond motifs is 2. The zero-order valence-electron chi connectivity index (χ0n) is 18.2. The van der Waals surface area contributed by atoms with E-state index in [9.17, 15) is 19.7 Å². The first-order chi connectivity index (χ1) is 16.3. The second-order valence-corrected chi connectivity index (χ2v) is 9.76. The van der Waals surface area contributed by atoms with Gasteiger partial charge in [0.1, 0.15) is 5.01 Å². The van der Waals surface area contributed by atoms with Crippen LogP contribution in [-0.4, -0.2) is 26.9 Å². The fraction of sp³-hybridized carbons (Fsp3) is 0.250. The molecule has 1 aromatic heterocycles. The molecule has 172 valence electrons. The zero-order valence-corrected chi connectivity index (χ0v) is 19.0. The monoisotopic (exact) mass is 475 g/mol. The minimum atomic E-state index is -0.484. The minimum absolute atomic E-state index is 0.0178. The van der Waals surface area contributed by atoms with Crippen molar-refractivity contribution in [2.75, 3.05) is 10.6 Å². The molecule has 0 unspecified atom stereocenters. The van der Waals surface area contributed by atoms with Gasteiger partial charge in [-0.1, -0.05) is 42.5 Å². The van der Waals surface area contributed by atoms with Crippen molar-refractivity contribution < 1.29 is 14.5 Å². The summed E-state index contributed by atoms with van der Waals surface area (Å²) in [5, 5.41) is 25.4. The molecule has 3 aromatic rings. The van der Waals surface area contributed by atoms with Crippen molar-refractivity contribution in [3.63, 3.8) is 0 Å². The Morgan fingerprint density at radius 1 is 1.09 bits per heavy atom. The van der Waals surface area contributed by atoms with Crippen LogP contribution in [0.4, 0.5) is 16.5 Å². The number of non-ortho nitro benzene ring substituents is 1. The van der Waals surface area contributed by atoms with Gasteiger partial charge in [0, 0.05) is 17.7 Å². The van der Waals surface area contributed by atoms with E-state index in [0.29, 0.717) is 27.7 Å². The first kappa shape index (κ1) is 21.9. The first-order valence-corrected chi connectivity index (χ1v) is 11.6. The summed E-state index contributed by atoms with van der Waals surface area (Å²) >= 11 is 1.15. The predicted molar refractivity (Wildman–Crippen MR) is 128 cm³/mol. The van der Waals surface area contributed by atoms with Crippen LogP contribution in [0.25, 0.3) is 10.6 Å². The number of anilines is 2. The van der Waals surface area contributed by atoms with E-state index >= 15 is 0 Å². The van der Waals surface area contributed by atoms with Crippen LogP contribution in [0, 0.1) is 27.4 Å². The van der Waals surface area contributed by atoms with Crippen LogP contribution in [0.3, 0.4) is 0 Å². The van der Waals surface area contributed by atoms with Crippen LogP contribution < -0.4 is 10.6 Å². The number of nitrogens with one attached hydrogen (secondary N) is 2. The molecule has 1 saturated carbocycles. The lowest BCUT2D eigenvalue weighted by Gasteiger charge is -2.30. The number of hydrogen-bond donors (Lipinski definition) is 2. The fourth-order valence-electron chi connectivity index (χ4n) is 4.69. The van der Waals surface area contributed by atoms with Crippen molar-refractivity contribution >= 4 is 39.7 Å². The normalized spacial score (nSPS) is 22.5. The number of amides is 2. The van der Waals surface area contributed by atoms with E-state index in [2.05, 4.69) is 33.0 Å². The number of hydrogen-bond acceptors (Lipinski definition) is 7. The van der Waals surface area contributed by atoms with Gasteiger partial charge in [0.05, 0.1) is 21.6 Å². The number of nitro benzene ring substituents is 1. The van der Waals surface area contributed by atoms with Crippen molar-refractivity contribution in [1.29, 1.82) is 0 Å². The van der Waals surface area contributed by atoms with Gasteiger partial charge in [0.25, 0.3) is 11.6 Å². The number of allylic oxidation sites excluding steroid dienone is 2. The van der Waals surface area contributed by atoms with Gasteiger partial charge in [-0.2, -0.15) is 0 Å². The molecule has 1 fully saturated rings. The lowest BCUT2D eigenvalue weighted by molar-refractivity contribution is -0.384. The van der Waals surface area contributed by atoms with Gasteiger partial charge in [0.15, 0.2) is 0 Å². The average Bonchev–Trinajstić information content (AvgIpc) is 3.56. The Kier molecular flexibility index (Phi) is 5.45. The highest BCUT2D eigenvalue weighted by molar-refractivity contribution is 7.18. The summed E-state index contributed by atoms with van der Waals surface area (Å²) in [4.78, 5) is 36.5. The molecular weight excluding hydrogens is 454 g/mol. The van der Waals surface area contributed by atoms with Gasteiger partial charge >= 0.3 is 0 Å². The maximum absolute atomic E-state index is 13.1. The van der Waals surface area contributed by atoms with E-state index in [0.717, 1.165) is 24.2 Å². The van der Waals surface area contributed by atoms with Crippen LogP contribution in [0.1, 0.15) is 30.1 Å². The summed E-state index contributed by atoms with van der Waals surface area (Å²) in [5.74, 6) is 0.167. The summed E-state index contributed by atoms with van der Waals surface area (Å²) in [7, 11) is 0. The molecule has 2 amide bonds. The van der Waals surface area contributed by atoms with E-state index in [-0.39, 0.29) is 22.6 Å². The topological polar surface area (TPSA) is 127 Å². The predicted octanol–water partition coefficient (Wildman–Crippen LogP) is 4.91. The van der Waals surface area contributed by atoms with Crippen molar-refractivity contribution in [3.05, 3.63) is 76.4 Å². The molecule has 0 spiro atoms. The third-order valence-corrected chi connectivity index (χ3v) is 7.47. The molecule has 5 rings (SSSR count). The molecule has 2 N–H and O–H groups in total. The Labute approximate surface area is 199 Å². The van der Waals surface area contributed by atoms with Crippen LogP contribution in [0.5, 0.6) is 0 Å². The van der Waals surface area contributed by atoms with Crippen molar-refractivity contribution in [2.24, 2.45) is 17.3 Å². The van der Waals surface area contributed by atoms with Crippen LogP contribution in [0.2, 0.25) is 0 Å². The standard InChI is InChI=1S/C24H21N5O4S/c1-24(13-14-6-9-16(24)12-14)22(31)25-19-5-3-2-4-18(19)20(30)26-23-28-27-21(34-23)15-7-10-17(11-8-15)29(32)33/h2-11,14,16H,12-13H2,1H3,(H,25,31)(H,26,28,30)/t14-,16-,24+/m0/s1. The summed E-state index contributed by atoms with van der Waals surface area (Å²) in [6.07, 6.45) is 6.13. The summed E-state index contributed by atoms with van der Waals surface area (Å²) in [6.45, 7) is 1.99. The third-order valence-electron chi connectivity index (χ3n) is 6.59. The lowest BCUT2D eigenvalue weighted by Crippen LogP contribution is -2.37. The van der Waals surface area contributed by atoms with Crippen molar-refractivity contribution in [2.45, 2.75) is 19.8 Å². The Hall–Kier alpha value is -3.92. The van der Waals surface area contributed by atoms with Gasteiger partial charge in [-0.25, -0.2) is 0 Å². The second kappa shape index (κ2) is 8.45. The molecule has 2 bridgehead atoms. The quantitative estimate of drug-likeness (QED) is 0.296. The van der Waals surface area contributed by atoms with E-state index < -0.39 is 16.2 Å². The first-order valence-electron chi connectivity index (χ1n) is 10.8. The van der Waals surface area contributed by atoms with Crippen LogP contribution >= 0.6 is 11.3 Å². The number of rotatable bonds is 6. The maximum atomic E-state index is 13.1. The van der Waals surface area contributed by atoms with E-state index in [1.54, 1.807) is 36.4 Å². The van der Waals surface area contributed by atoms with Gasteiger partial charge in [-0.3, -0.25) is 25.0 Å². The Morgan fingerprint density at radius 2 is 1.85 bits per heavy atom. The Bertz CT molecular complexity index is 1320.